The molecule has 2 aromatic carbocycles. The lowest BCUT2D eigenvalue weighted by atomic mass is 10.1. The highest BCUT2D eigenvalue weighted by Gasteiger charge is 2.12. The SMILES string of the molecule is CCOc1ccc(C=Cc2cc(OC)c(OC)c(OC)c2)cc1NC(=O)CN. The van der Waals surface area contributed by atoms with E-state index >= 15 is 0 Å². The molecule has 0 aliphatic rings. The van der Waals surface area contributed by atoms with Crippen LogP contribution in [0.4, 0.5) is 5.69 Å². The van der Waals surface area contributed by atoms with Gasteiger partial charge in [0.05, 0.1) is 40.2 Å². The van der Waals surface area contributed by atoms with Crippen LogP contribution < -0.4 is 30.0 Å². The van der Waals surface area contributed by atoms with Gasteiger partial charge < -0.3 is 30.0 Å². The van der Waals surface area contributed by atoms with E-state index in [9.17, 15) is 4.79 Å². The predicted molar refractivity (Wildman–Crippen MR) is 110 cm³/mol. The Morgan fingerprint density at radius 1 is 0.964 bits per heavy atom. The van der Waals surface area contributed by atoms with Gasteiger partial charge in [-0.15, -0.1) is 0 Å². The highest BCUT2D eigenvalue weighted by Crippen LogP contribution is 2.38. The lowest BCUT2D eigenvalue weighted by Crippen LogP contribution is -2.22. The van der Waals surface area contributed by atoms with Gasteiger partial charge in [-0.2, -0.15) is 0 Å². The molecule has 0 saturated heterocycles. The molecule has 0 heterocycles. The number of benzene rings is 2. The number of carbonyl (C=O) groups is 1. The first-order valence-corrected chi connectivity index (χ1v) is 8.81. The van der Waals surface area contributed by atoms with Crippen LogP contribution >= 0.6 is 0 Å². The third kappa shape index (κ3) is 5.17. The largest absolute Gasteiger partial charge is 0.493 e. The van der Waals surface area contributed by atoms with Crippen LogP contribution in [0.2, 0.25) is 0 Å². The monoisotopic (exact) mass is 386 g/mol. The average Bonchev–Trinajstić information content (AvgIpc) is 2.72. The topological polar surface area (TPSA) is 92.0 Å². The van der Waals surface area contributed by atoms with E-state index in [1.165, 1.54) is 0 Å². The summed E-state index contributed by atoms with van der Waals surface area (Å²) >= 11 is 0. The number of methoxy groups -OCH3 is 3. The number of amides is 1. The van der Waals surface area contributed by atoms with Gasteiger partial charge in [-0.3, -0.25) is 4.79 Å². The molecule has 2 rings (SSSR count). The van der Waals surface area contributed by atoms with Crippen molar-refractivity contribution in [2.45, 2.75) is 6.92 Å². The Kier molecular flexibility index (Phi) is 7.71. The van der Waals surface area contributed by atoms with Crippen LogP contribution in [0.15, 0.2) is 30.3 Å². The second-order valence-electron chi connectivity index (χ2n) is 5.73. The summed E-state index contributed by atoms with van der Waals surface area (Å²) in [5, 5.41) is 2.76. The van der Waals surface area contributed by atoms with E-state index in [-0.39, 0.29) is 12.5 Å². The normalized spacial score (nSPS) is 10.6. The molecule has 0 radical (unpaired) electrons. The Labute approximate surface area is 165 Å². The Bertz CT molecular complexity index is 824. The Balaban J connectivity index is 2.35. The van der Waals surface area contributed by atoms with Gasteiger partial charge in [0.2, 0.25) is 11.7 Å². The highest BCUT2D eigenvalue weighted by atomic mass is 16.5. The smallest absolute Gasteiger partial charge is 0.238 e. The molecule has 7 nitrogen and oxygen atoms in total. The fraction of sp³-hybridized carbons (Fsp3) is 0.286. The van der Waals surface area contributed by atoms with Crippen LogP contribution in [0.1, 0.15) is 18.1 Å². The standard InChI is InChI=1S/C21H26N2O5/c1-5-28-17-9-8-14(10-16(17)23-20(24)13-22)6-7-15-11-18(25-2)21(27-4)19(12-15)26-3/h6-12H,5,13,22H2,1-4H3,(H,23,24). The first-order valence-electron chi connectivity index (χ1n) is 8.81. The molecule has 3 N–H and O–H groups in total. The van der Waals surface area contributed by atoms with Crippen molar-refractivity contribution in [3.05, 3.63) is 41.5 Å². The summed E-state index contributed by atoms with van der Waals surface area (Å²) in [6, 6.07) is 9.24. The lowest BCUT2D eigenvalue weighted by Gasteiger charge is -2.13. The van der Waals surface area contributed by atoms with Crippen LogP contribution in [0.3, 0.4) is 0 Å². The summed E-state index contributed by atoms with van der Waals surface area (Å²) in [5.41, 5.74) is 7.72. The molecule has 0 fully saturated rings. The van der Waals surface area contributed by atoms with Crippen molar-refractivity contribution in [3.63, 3.8) is 0 Å². The van der Waals surface area contributed by atoms with Gasteiger partial charge in [0.25, 0.3) is 0 Å². The Morgan fingerprint density at radius 3 is 2.14 bits per heavy atom. The van der Waals surface area contributed by atoms with Crippen molar-refractivity contribution < 1.29 is 23.7 Å². The minimum Gasteiger partial charge on any atom is -0.493 e. The first-order chi connectivity index (χ1) is 13.6. The van der Waals surface area contributed by atoms with Crippen LogP contribution in [-0.4, -0.2) is 40.4 Å². The molecule has 0 atom stereocenters. The molecule has 28 heavy (non-hydrogen) atoms. The van der Waals surface area contributed by atoms with E-state index < -0.39 is 0 Å². The van der Waals surface area contributed by atoms with Crippen LogP contribution in [-0.2, 0) is 4.79 Å². The third-order valence-corrected chi connectivity index (χ3v) is 3.92. The molecular formula is C21H26N2O5. The second-order valence-corrected chi connectivity index (χ2v) is 5.73. The number of rotatable bonds is 9. The Hall–Kier alpha value is -3.19. The van der Waals surface area contributed by atoms with Gasteiger partial charge in [-0.25, -0.2) is 0 Å². The summed E-state index contributed by atoms with van der Waals surface area (Å²) in [6.07, 6.45) is 3.82. The molecule has 0 unspecified atom stereocenters. The fourth-order valence-electron chi connectivity index (χ4n) is 2.62. The van der Waals surface area contributed by atoms with Gasteiger partial charge >= 0.3 is 0 Å². The molecular weight excluding hydrogens is 360 g/mol. The number of ether oxygens (including phenoxy) is 4. The Morgan fingerprint density at radius 2 is 1.61 bits per heavy atom. The molecule has 0 saturated carbocycles. The number of carbonyl (C=O) groups excluding carboxylic acids is 1. The molecule has 0 aliphatic carbocycles. The number of nitrogens with one attached hydrogen (secondary N) is 1. The fourth-order valence-corrected chi connectivity index (χ4v) is 2.62. The molecule has 2 aromatic rings. The molecule has 0 bridgehead atoms. The van der Waals surface area contributed by atoms with Crippen LogP contribution in [0.25, 0.3) is 12.2 Å². The minimum atomic E-state index is -0.285. The molecule has 1 amide bonds. The van der Waals surface area contributed by atoms with Crippen molar-refractivity contribution in [1.82, 2.24) is 0 Å². The third-order valence-electron chi connectivity index (χ3n) is 3.92. The summed E-state index contributed by atoms with van der Waals surface area (Å²) in [6.45, 7) is 2.27. The number of nitrogens with two attached hydrogens (primary N) is 1. The molecule has 7 heteroatoms. The van der Waals surface area contributed by atoms with E-state index in [1.807, 2.05) is 49.4 Å². The molecule has 0 aliphatic heterocycles. The van der Waals surface area contributed by atoms with Gasteiger partial charge in [0, 0.05) is 0 Å². The molecule has 150 valence electrons. The van der Waals surface area contributed by atoms with Crippen LogP contribution in [0.5, 0.6) is 23.0 Å². The second kappa shape index (κ2) is 10.2. The minimum absolute atomic E-state index is 0.100. The van der Waals surface area contributed by atoms with E-state index in [4.69, 9.17) is 24.7 Å². The maximum Gasteiger partial charge on any atom is 0.238 e. The van der Waals surface area contributed by atoms with Crippen molar-refractivity contribution in [2.24, 2.45) is 5.73 Å². The average molecular weight is 386 g/mol. The van der Waals surface area contributed by atoms with Gasteiger partial charge in [0.15, 0.2) is 11.5 Å². The first kappa shape index (κ1) is 21.1. The maximum atomic E-state index is 11.7. The quantitative estimate of drug-likeness (QED) is 0.643. The molecule has 0 spiro atoms. The van der Waals surface area contributed by atoms with E-state index in [1.54, 1.807) is 21.3 Å². The van der Waals surface area contributed by atoms with E-state index in [0.29, 0.717) is 35.3 Å². The summed E-state index contributed by atoms with van der Waals surface area (Å²) in [4.78, 5) is 11.7. The lowest BCUT2D eigenvalue weighted by molar-refractivity contribution is -0.114. The highest BCUT2D eigenvalue weighted by molar-refractivity contribution is 5.94. The molecule has 0 aromatic heterocycles. The predicted octanol–water partition coefficient (Wildman–Crippen LogP) is 3.18. The van der Waals surface area contributed by atoms with Gasteiger partial charge in [-0.05, 0) is 42.3 Å². The number of hydrogen-bond acceptors (Lipinski definition) is 6. The zero-order valence-corrected chi connectivity index (χ0v) is 16.6. The maximum absolute atomic E-state index is 11.7. The van der Waals surface area contributed by atoms with Crippen LogP contribution in [0, 0.1) is 0 Å². The van der Waals surface area contributed by atoms with Crippen molar-refractivity contribution in [1.29, 1.82) is 0 Å². The summed E-state index contributed by atoms with van der Waals surface area (Å²) in [7, 11) is 4.71. The van der Waals surface area contributed by atoms with E-state index in [2.05, 4.69) is 5.32 Å². The van der Waals surface area contributed by atoms with E-state index in [0.717, 1.165) is 11.1 Å². The van der Waals surface area contributed by atoms with Crippen molar-refractivity contribution in [2.75, 3.05) is 39.8 Å². The number of hydrogen-bond donors (Lipinski definition) is 2. The summed E-state index contributed by atoms with van der Waals surface area (Å²) < 4.78 is 21.6. The van der Waals surface area contributed by atoms with Crippen molar-refractivity contribution in [3.8, 4) is 23.0 Å². The number of anilines is 1. The zero-order chi connectivity index (χ0) is 20.5. The zero-order valence-electron chi connectivity index (χ0n) is 16.6. The van der Waals surface area contributed by atoms with Crippen molar-refractivity contribution >= 4 is 23.7 Å². The van der Waals surface area contributed by atoms with Gasteiger partial charge in [-0.1, -0.05) is 18.2 Å². The summed E-state index contributed by atoms with van der Waals surface area (Å²) in [5.74, 6) is 1.99. The van der Waals surface area contributed by atoms with Gasteiger partial charge in [0.1, 0.15) is 5.75 Å².